The van der Waals surface area contributed by atoms with Crippen LogP contribution < -0.4 is 28.4 Å². The summed E-state index contributed by atoms with van der Waals surface area (Å²) in [7, 11) is 10.1. The second kappa shape index (κ2) is 7.68. The molecule has 3 aliphatic rings. The summed E-state index contributed by atoms with van der Waals surface area (Å²) in [4.78, 5) is 0. The Balaban J connectivity index is 1.85. The van der Waals surface area contributed by atoms with E-state index in [9.17, 15) is 0 Å². The molecule has 1 saturated carbocycles. The maximum atomic E-state index is 5.91. The fraction of sp³-hybridized carbons (Fsp3) is 0.538. The van der Waals surface area contributed by atoms with Gasteiger partial charge in [0.05, 0.1) is 42.7 Å². The van der Waals surface area contributed by atoms with Gasteiger partial charge in [-0.3, -0.25) is 0 Å². The van der Waals surface area contributed by atoms with Gasteiger partial charge < -0.3 is 28.4 Å². The maximum Gasteiger partial charge on any atom is 0.203 e. The normalized spacial score (nSPS) is 24.7. The van der Waals surface area contributed by atoms with Gasteiger partial charge in [-0.2, -0.15) is 0 Å². The average Bonchev–Trinajstić information content (AvgIpc) is 3.35. The summed E-state index contributed by atoms with van der Waals surface area (Å²) in [5, 5.41) is 0. The number of hydrogen-bond acceptors (Lipinski definition) is 6. The lowest BCUT2D eigenvalue weighted by molar-refractivity contribution is 0.176. The van der Waals surface area contributed by atoms with Crippen molar-refractivity contribution in [1.29, 1.82) is 0 Å². The Morgan fingerprint density at radius 3 is 1.34 bits per heavy atom. The minimum atomic E-state index is -0.122. The van der Waals surface area contributed by atoms with Crippen molar-refractivity contribution < 1.29 is 28.4 Å². The number of hydrogen-bond donors (Lipinski definition) is 0. The van der Waals surface area contributed by atoms with E-state index in [1.165, 1.54) is 41.5 Å². The first-order chi connectivity index (χ1) is 15.6. The van der Waals surface area contributed by atoms with Crippen LogP contribution in [-0.4, -0.2) is 42.7 Å². The van der Waals surface area contributed by atoms with E-state index in [2.05, 4.69) is 12.1 Å². The van der Waals surface area contributed by atoms with Gasteiger partial charge in [0.25, 0.3) is 0 Å². The molecule has 2 aromatic rings. The van der Waals surface area contributed by atoms with Gasteiger partial charge in [-0.1, -0.05) is 6.42 Å². The Hall–Kier alpha value is -2.76. The van der Waals surface area contributed by atoms with Crippen molar-refractivity contribution in [3.8, 4) is 34.5 Å². The summed E-state index contributed by atoms with van der Waals surface area (Å²) in [5.74, 6) is 5.31. The third-order valence-electron chi connectivity index (χ3n) is 8.05. The third-order valence-corrected chi connectivity index (χ3v) is 8.05. The minimum Gasteiger partial charge on any atom is -0.493 e. The fourth-order valence-corrected chi connectivity index (χ4v) is 7.02. The number of rotatable bonds is 6. The van der Waals surface area contributed by atoms with E-state index in [4.69, 9.17) is 28.4 Å². The Kier molecular flexibility index (Phi) is 5.06. The zero-order valence-corrected chi connectivity index (χ0v) is 19.8. The van der Waals surface area contributed by atoms with E-state index in [0.717, 1.165) is 24.3 Å². The minimum absolute atomic E-state index is 0.122. The molecule has 0 N–H and O–H groups in total. The van der Waals surface area contributed by atoms with E-state index in [-0.39, 0.29) is 5.41 Å². The van der Waals surface area contributed by atoms with Crippen LogP contribution in [0, 0.1) is 11.8 Å². The molecule has 3 aliphatic carbocycles. The number of ether oxygens (including phenoxy) is 6. The largest absolute Gasteiger partial charge is 0.493 e. The molecule has 0 heterocycles. The van der Waals surface area contributed by atoms with Crippen LogP contribution in [0.1, 0.15) is 41.5 Å². The van der Waals surface area contributed by atoms with Gasteiger partial charge in [0.2, 0.25) is 11.5 Å². The van der Waals surface area contributed by atoms with Crippen LogP contribution in [0.2, 0.25) is 0 Å². The molecule has 0 aromatic heterocycles. The molecule has 0 bridgehead atoms. The summed E-state index contributed by atoms with van der Waals surface area (Å²) < 4.78 is 34.8. The lowest BCUT2D eigenvalue weighted by Crippen LogP contribution is -2.41. The zero-order chi connectivity index (χ0) is 22.6. The molecular weight excluding hydrogens is 408 g/mol. The van der Waals surface area contributed by atoms with Gasteiger partial charge >= 0.3 is 0 Å². The summed E-state index contributed by atoms with van der Waals surface area (Å²) in [6.45, 7) is 0. The molecule has 0 amide bonds. The smallest absolute Gasteiger partial charge is 0.203 e. The maximum absolute atomic E-state index is 5.91. The molecule has 1 spiro atoms. The molecular formula is C26H32O6. The molecule has 0 radical (unpaired) electrons. The molecule has 2 aromatic carbocycles. The molecule has 3 atom stereocenters. The predicted molar refractivity (Wildman–Crippen MR) is 121 cm³/mol. The summed E-state index contributed by atoms with van der Waals surface area (Å²) in [6.07, 6.45) is 5.51. The van der Waals surface area contributed by atoms with Gasteiger partial charge in [-0.15, -0.1) is 0 Å². The molecule has 2 unspecified atom stereocenters. The van der Waals surface area contributed by atoms with Crippen molar-refractivity contribution in [2.24, 2.45) is 11.8 Å². The van der Waals surface area contributed by atoms with E-state index in [1.54, 1.807) is 42.7 Å². The summed E-state index contributed by atoms with van der Waals surface area (Å²) >= 11 is 0. The number of methoxy groups -OCH3 is 6. The summed E-state index contributed by atoms with van der Waals surface area (Å²) in [6, 6.07) is 4.38. The molecule has 0 aliphatic heterocycles. The van der Waals surface area contributed by atoms with Crippen LogP contribution in [0.3, 0.4) is 0 Å². The van der Waals surface area contributed by atoms with E-state index in [0.29, 0.717) is 34.8 Å². The van der Waals surface area contributed by atoms with Crippen LogP contribution >= 0.6 is 0 Å². The average molecular weight is 441 g/mol. The van der Waals surface area contributed by atoms with Crippen molar-refractivity contribution in [3.63, 3.8) is 0 Å². The van der Waals surface area contributed by atoms with Crippen LogP contribution in [0.5, 0.6) is 34.5 Å². The van der Waals surface area contributed by atoms with E-state index < -0.39 is 0 Å². The molecule has 6 heteroatoms. The molecule has 32 heavy (non-hydrogen) atoms. The highest BCUT2D eigenvalue weighted by Gasteiger charge is 2.60. The first kappa shape index (κ1) is 21.1. The zero-order valence-electron chi connectivity index (χ0n) is 19.8. The van der Waals surface area contributed by atoms with E-state index >= 15 is 0 Å². The Bertz CT molecular complexity index is 976. The highest BCUT2D eigenvalue weighted by atomic mass is 16.5. The lowest BCUT2D eigenvalue weighted by atomic mass is 9.59. The first-order valence-electron chi connectivity index (χ1n) is 11.2. The highest BCUT2D eigenvalue weighted by Crippen LogP contribution is 2.67. The van der Waals surface area contributed by atoms with Crippen molar-refractivity contribution in [3.05, 3.63) is 34.4 Å². The lowest BCUT2D eigenvalue weighted by Gasteiger charge is -2.43. The van der Waals surface area contributed by atoms with Gasteiger partial charge in [0.1, 0.15) is 0 Å². The topological polar surface area (TPSA) is 55.4 Å². The molecule has 1 fully saturated rings. The summed E-state index contributed by atoms with van der Waals surface area (Å²) in [5.41, 5.74) is 4.96. The van der Waals surface area contributed by atoms with Crippen LogP contribution in [0.4, 0.5) is 0 Å². The number of fused-ring (bicyclic) bond motifs is 2. The molecule has 172 valence electrons. The van der Waals surface area contributed by atoms with Crippen molar-refractivity contribution in [2.75, 3.05) is 42.7 Å². The first-order valence-corrected chi connectivity index (χ1v) is 11.2. The Morgan fingerprint density at radius 1 is 0.594 bits per heavy atom. The fourth-order valence-electron chi connectivity index (χ4n) is 7.02. The van der Waals surface area contributed by atoms with Gasteiger partial charge in [-0.05, 0) is 60.8 Å². The predicted octanol–water partition coefficient (Wildman–Crippen LogP) is 4.55. The number of benzene rings is 2. The SMILES string of the molecule is COc1cc2c(c(OC)c1OC)CC1CCC[C@H]3Cc4c(cc(OC)c(OC)c4OC)C213. The quantitative estimate of drug-likeness (QED) is 0.657. The molecule has 0 saturated heterocycles. The van der Waals surface area contributed by atoms with Crippen LogP contribution in [-0.2, 0) is 18.3 Å². The van der Waals surface area contributed by atoms with Crippen molar-refractivity contribution >= 4 is 0 Å². The molecule has 5 rings (SSSR count). The molecule has 6 nitrogen and oxygen atoms in total. The van der Waals surface area contributed by atoms with Gasteiger partial charge in [-0.25, -0.2) is 0 Å². The Morgan fingerprint density at radius 2 is 1.00 bits per heavy atom. The van der Waals surface area contributed by atoms with Crippen molar-refractivity contribution in [1.82, 2.24) is 0 Å². The second-order valence-corrected chi connectivity index (χ2v) is 8.94. The van der Waals surface area contributed by atoms with Crippen molar-refractivity contribution in [2.45, 2.75) is 37.5 Å². The van der Waals surface area contributed by atoms with Gasteiger partial charge in [0.15, 0.2) is 23.0 Å². The highest BCUT2D eigenvalue weighted by molar-refractivity contribution is 5.71. The van der Waals surface area contributed by atoms with Crippen LogP contribution in [0.15, 0.2) is 12.1 Å². The van der Waals surface area contributed by atoms with Gasteiger partial charge in [0, 0.05) is 16.5 Å². The second-order valence-electron chi connectivity index (χ2n) is 8.94. The van der Waals surface area contributed by atoms with Crippen LogP contribution in [0.25, 0.3) is 0 Å². The Labute approximate surface area is 189 Å². The van der Waals surface area contributed by atoms with E-state index in [1.807, 2.05) is 0 Å². The third kappa shape index (κ3) is 2.46. The standard InChI is InChI=1S/C26H32O6/c1-27-20-12-18-16(22(29-3)24(20)31-5)10-14-8-7-9-15-11-17-19(26(14,15)18)13-21(28-2)25(32-6)23(17)30-4/h12-15H,7-11H2,1-6H3/t14-,15?,26?/m0/s1. The monoisotopic (exact) mass is 440 g/mol.